The van der Waals surface area contributed by atoms with Gasteiger partial charge in [0.2, 0.25) is 0 Å². The Hall–Kier alpha value is -2.25. The maximum Gasteiger partial charge on any atom is 0.339 e. The summed E-state index contributed by atoms with van der Waals surface area (Å²) < 4.78 is 6.47. The van der Waals surface area contributed by atoms with Gasteiger partial charge in [0.25, 0.3) is 5.91 Å². The number of piperidine rings is 1. The molecular formula is C21H22N2O3S2. The number of hydrogen-bond donors (Lipinski definition) is 0. The standard InChI is InChI=1S/C21H22N2O3S2/c1-13-10-16(14(2)27-13)21(25)26-12-19(24)23-9-5-6-15(11-23)20-22-17-7-3-4-8-18(17)28-20/h3-4,7-8,10,15H,5-6,9,11-12H2,1-2H3/t15-/m1/s1. The van der Waals surface area contributed by atoms with Crippen LogP contribution in [0.4, 0.5) is 0 Å². The Morgan fingerprint density at radius 1 is 1.25 bits per heavy atom. The number of carbonyl (C=O) groups is 2. The highest BCUT2D eigenvalue weighted by molar-refractivity contribution is 7.18. The first-order chi connectivity index (χ1) is 13.5. The molecule has 0 N–H and O–H groups in total. The van der Waals surface area contributed by atoms with Crippen LogP contribution in [-0.2, 0) is 9.53 Å². The zero-order valence-electron chi connectivity index (χ0n) is 15.9. The molecule has 7 heteroatoms. The van der Waals surface area contributed by atoms with Gasteiger partial charge in [-0.05, 0) is 44.9 Å². The number of nitrogens with zero attached hydrogens (tertiary/aromatic N) is 2. The van der Waals surface area contributed by atoms with E-state index in [4.69, 9.17) is 9.72 Å². The Kier molecular flexibility index (Phi) is 5.46. The molecule has 0 radical (unpaired) electrons. The summed E-state index contributed by atoms with van der Waals surface area (Å²) >= 11 is 3.26. The second kappa shape index (κ2) is 8.01. The van der Waals surface area contributed by atoms with Crippen LogP contribution in [0.2, 0.25) is 0 Å². The molecule has 1 atom stereocenters. The molecule has 2 aromatic heterocycles. The van der Waals surface area contributed by atoms with Gasteiger partial charge in [-0.25, -0.2) is 9.78 Å². The van der Waals surface area contributed by atoms with E-state index in [-0.39, 0.29) is 18.4 Å². The zero-order chi connectivity index (χ0) is 19.7. The van der Waals surface area contributed by atoms with Crippen molar-refractivity contribution in [1.82, 2.24) is 9.88 Å². The van der Waals surface area contributed by atoms with Crippen LogP contribution >= 0.6 is 22.7 Å². The number of fused-ring (bicyclic) bond motifs is 1. The fourth-order valence-corrected chi connectivity index (χ4v) is 5.60. The molecule has 0 saturated carbocycles. The molecule has 1 aliphatic heterocycles. The predicted molar refractivity (Wildman–Crippen MR) is 112 cm³/mol. The molecule has 1 aromatic carbocycles. The Labute approximate surface area is 172 Å². The van der Waals surface area contributed by atoms with Gasteiger partial charge in [0.1, 0.15) is 0 Å². The average Bonchev–Trinajstić information content (AvgIpc) is 3.28. The first-order valence-electron chi connectivity index (χ1n) is 9.38. The normalized spacial score (nSPS) is 17.1. The van der Waals surface area contributed by atoms with Crippen LogP contribution in [0.15, 0.2) is 30.3 Å². The fraction of sp³-hybridized carbons (Fsp3) is 0.381. The molecule has 146 valence electrons. The average molecular weight is 415 g/mol. The minimum atomic E-state index is -0.421. The number of thiazole rings is 1. The number of esters is 1. The molecule has 0 unspecified atom stereocenters. The summed E-state index contributed by atoms with van der Waals surface area (Å²) in [6, 6.07) is 9.93. The quantitative estimate of drug-likeness (QED) is 0.588. The molecule has 4 rings (SSSR count). The number of aromatic nitrogens is 1. The van der Waals surface area contributed by atoms with Crippen LogP contribution in [0.5, 0.6) is 0 Å². The highest BCUT2D eigenvalue weighted by Crippen LogP contribution is 2.33. The number of ether oxygens (including phenoxy) is 1. The fourth-order valence-electron chi connectivity index (χ4n) is 3.60. The first kappa shape index (κ1) is 19.1. The van der Waals surface area contributed by atoms with Crippen molar-refractivity contribution < 1.29 is 14.3 Å². The second-order valence-electron chi connectivity index (χ2n) is 7.10. The van der Waals surface area contributed by atoms with Crippen molar-refractivity contribution >= 4 is 44.8 Å². The summed E-state index contributed by atoms with van der Waals surface area (Å²) in [6.45, 7) is 4.97. The van der Waals surface area contributed by atoms with Gasteiger partial charge in [0, 0.05) is 28.8 Å². The maximum absolute atomic E-state index is 12.6. The molecule has 1 amide bonds. The lowest BCUT2D eigenvalue weighted by molar-refractivity contribution is -0.135. The number of carbonyl (C=O) groups excluding carboxylic acids is 2. The largest absolute Gasteiger partial charge is 0.452 e. The van der Waals surface area contributed by atoms with E-state index in [1.165, 1.54) is 4.70 Å². The van der Waals surface area contributed by atoms with Gasteiger partial charge < -0.3 is 9.64 Å². The maximum atomic E-state index is 12.6. The van der Waals surface area contributed by atoms with Crippen molar-refractivity contribution in [2.75, 3.05) is 19.7 Å². The van der Waals surface area contributed by atoms with Crippen molar-refractivity contribution in [3.63, 3.8) is 0 Å². The molecule has 28 heavy (non-hydrogen) atoms. The Morgan fingerprint density at radius 3 is 2.82 bits per heavy atom. The van der Waals surface area contributed by atoms with Crippen LogP contribution in [0.25, 0.3) is 10.2 Å². The van der Waals surface area contributed by atoms with Crippen molar-refractivity contribution in [3.8, 4) is 0 Å². The van der Waals surface area contributed by atoms with E-state index in [1.54, 1.807) is 27.6 Å². The van der Waals surface area contributed by atoms with Crippen LogP contribution < -0.4 is 0 Å². The molecule has 1 fully saturated rings. The van der Waals surface area contributed by atoms with Gasteiger partial charge in [-0.3, -0.25) is 4.79 Å². The zero-order valence-corrected chi connectivity index (χ0v) is 17.6. The molecule has 1 aliphatic rings. The molecule has 0 spiro atoms. The number of para-hydroxylation sites is 1. The minimum absolute atomic E-state index is 0.135. The van der Waals surface area contributed by atoms with Crippen molar-refractivity contribution in [2.45, 2.75) is 32.6 Å². The SMILES string of the molecule is Cc1cc(C(=O)OCC(=O)N2CCC[C@@H](c3nc4ccccc4s3)C2)c(C)s1. The summed E-state index contributed by atoms with van der Waals surface area (Å²) in [5, 5.41) is 1.08. The van der Waals surface area contributed by atoms with Crippen molar-refractivity contribution in [1.29, 1.82) is 0 Å². The second-order valence-corrected chi connectivity index (χ2v) is 9.62. The van der Waals surface area contributed by atoms with E-state index in [2.05, 4.69) is 6.07 Å². The monoisotopic (exact) mass is 414 g/mol. The molecule has 3 heterocycles. The lowest BCUT2D eigenvalue weighted by Gasteiger charge is -2.31. The number of amides is 1. The smallest absolute Gasteiger partial charge is 0.339 e. The van der Waals surface area contributed by atoms with Gasteiger partial charge in [-0.15, -0.1) is 22.7 Å². The van der Waals surface area contributed by atoms with Gasteiger partial charge in [-0.2, -0.15) is 0 Å². The first-order valence-corrected chi connectivity index (χ1v) is 11.0. The van der Waals surface area contributed by atoms with Crippen molar-refractivity contribution in [2.24, 2.45) is 0 Å². The predicted octanol–water partition coefficient (Wildman–Crippen LogP) is 4.54. The van der Waals surface area contributed by atoms with Crippen LogP contribution in [0.1, 0.15) is 43.9 Å². The highest BCUT2D eigenvalue weighted by Gasteiger charge is 2.27. The lowest BCUT2D eigenvalue weighted by atomic mass is 9.99. The highest BCUT2D eigenvalue weighted by atomic mass is 32.1. The molecule has 0 bridgehead atoms. The minimum Gasteiger partial charge on any atom is -0.452 e. The molecule has 0 aliphatic carbocycles. The molecule has 5 nitrogen and oxygen atoms in total. The summed E-state index contributed by atoms with van der Waals surface area (Å²) in [6.07, 6.45) is 1.96. The number of hydrogen-bond acceptors (Lipinski definition) is 6. The van der Waals surface area contributed by atoms with E-state index >= 15 is 0 Å². The summed E-state index contributed by atoms with van der Waals surface area (Å²) in [7, 11) is 0. The lowest BCUT2D eigenvalue weighted by Crippen LogP contribution is -2.41. The number of likely N-dealkylation sites (tertiary alicyclic amines) is 1. The van der Waals surface area contributed by atoms with E-state index in [9.17, 15) is 9.59 Å². The van der Waals surface area contributed by atoms with Gasteiger partial charge in [0.15, 0.2) is 6.61 Å². The Bertz CT molecular complexity index is 991. The van der Waals surface area contributed by atoms with Crippen molar-refractivity contribution in [3.05, 3.63) is 50.7 Å². The Morgan fingerprint density at radius 2 is 2.07 bits per heavy atom. The third-order valence-corrected chi connectivity index (χ3v) is 7.19. The van der Waals surface area contributed by atoms with E-state index in [0.29, 0.717) is 18.7 Å². The van der Waals surface area contributed by atoms with Crippen LogP contribution in [0.3, 0.4) is 0 Å². The van der Waals surface area contributed by atoms with E-state index < -0.39 is 5.97 Å². The molecular weight excluding hydrogens is 392 g/mol. The third-order valence-electron chi connectivity index (χ3n) is 5.02. The topological polar surface area (TPSA) is 59.5 Å². The van der Waals surface area contributed by atoms with Gasteiger partial charge in [-0.1, -0.05) is 12.1 Å². The number of aryl methyl sites for hydroxylation is 2. The summed E-state index contributed by atoms with van der Waals surface area (Å²) in [5.74, 6) is -0.314. The van der Waals surface area contributed by atoms with Crippen LogP contribution in [-0.4, -0.2) is 41.5 Å². The number of benzene rings is 1. The van der Waals surface area contributed by atoms with Gasteiger partial charge >= 0.3 is 5.97 Å². The number of rotatable bonds is 4. The van der Waals surface area contributed by atoms with E-state index in [0.717, 1.165) is 33.1 Å². The molecule has 3 aromatic rings. The summed E-state index contributed by atoms with van der Waals surface area (Å²) in [5.41, 5.74) is 1.57. The van der Waals surface area contributed by atoms with E-state index in [1.807, 2.05) is 38.1 Å². The third kappa shape index (κ3) is 3.95. The van der Waals surface area contributed by atoms with Gasteiger partial charge in [0.05, 0.1) is 20.8 Å². The molecule has 1 saturated heterocycles. The number of thiophene rings is 1. The Balaban J connectivity index is 1.38. The van der Waals surface area contributed by atoms with Crippen LogP contribution in [0, 0.1) is 13.8 Å². The summed E-state index contributed by atoms with van der Waals surface area (Å²) in [4.78, 5) is 33.4.